The minimum atomic E-state index is -1.03. The number of para-hydroxylation sites is 1. The first kappa shape index (κ1) is 14.3. The number of carboxylic acid groups (broad SMARTS) is 1. The van der Waals surface area contributed by atoms with Gasteiger partial charge in [0.05, 0.1) is 6.10 Å². The van der Waals surface area contributed by atoms with Gasteiger partial charge in [0, 0.05) is 5.57 Å². The monoisotopic (exact) mass is 250 g/mol. The lowest BCUT2D eigenvalue weighted by molar-refractivity contribution is -0.132. The van der Waals surface area contributed by atoms with Crippen molar-refractivity contribution in [2.24, 2.45) is 0 Å². The lowest BCUT2D eigenvalue weighted by atomic mass is 10.1. The Morgan fingerprint density at radius 3 is 2.56 bits per heavy atom. The van der Waals surface area contributed by atoms with E-state index < -0.39 is 18.2 Å². The van der Waals surface area contributed by atoms with Crippen LogP contribution in [0.15, 0.2) is 42.5 Å². The van der Waals surface area contributed by atoms with E-state index in [4.69, 9.17) is 9.84 Å². The zero-order valence-electron chi connectivity index (χ0n) is 10.4. The lowest BCUT2D eigenvalue weighted by Crippen LogP contribution is -2.28. The van der Waals surface area contributed by atoms with Gasteiger partial charge in [-0.05, 0) is 31.9 Å². The topological polar surface area (TPSA) is 66.8 Å². The number of aliphatic hydroxyl groups is 1. The summed E-state index contributed by atoms with van der Waals surface area (Å²) in [6.45, 7) is 5.17. The molecule has 0 amide bonds. The van der Waals surface area contributed by atoms with Crippen molar-refractivity contribution in [3.63, 3.8) is 0 Å². The molecule has 98 valence electrons. The Labute approximate surface area is 107 Å². The number of ether oxygens (including phenoxy) is 1. The summed E-state index contributed by atoms with van der Waals surface area (Å²) in [4.78, 5) is 10.6. The molecule has 4 nitrogen and oxygen atoms in total. The predicted molar refractivity (Wildman–Crippen MR) is 68.5 cm³/mol. The smallest absolute Gasteiger partial charge is 0.330 e. The van der Waals surface area contributed by atoms with Gasteiger partial charge in [0.25, 0.3) is 0 Å². The van der Waals surface area contributed by atoms with Crippen LogP contribution in [-0.4, -0.2) is 28.4 Å². The first-order chi connectivity index (χ1) is 8.50. The number of rotatable bonds is 7. The van der Waals surface area contributed by atoms with Gasteiger partial charge in [0.2, 0.25) is 0 Å². The molecule has 2 N–H and O–H groups in total. The number of carboxylic acids is 1. The van der Waals surface area contributed by atoms with Crippen molar-refractivity contribution in [1.29, 1.82) is 0 Å². The molecule has 0 aliphatic heterocycles. The number of hydrogen-bond acceptors (Lipinski definition) is 3. The van der Waals surface area contributed by atoms with Crippen LogP contribution in [-0.2, 0) is 4.79 Å². The van der Waals surface area contributed by atoms with Gasteiger partial charge in [-0.3, -0.25) is 0 Å². The second-order valence-corrected chi connectivity index (χ2v) is 4.15. The fraction of sp³-hybridized carbons (Fsp3) is 0.357. The molecule has 1 aromatic carbocycles. The summed E-state index contributed by atoms with van der Waals surface area (Å²) in [6, 6.07) is 9.19. The van der Waals surface area contributed by atoms with Crippen molar-refractivity contribution in [3.05, 3.63) is 42.5 Å². The molecule has 4 heteroatoms. The van der Waals surface area contributed by atoms with Crippen LogP contribution in [0.25, 0.3) is 0 Å². The molecular formula is C14H18O4. The molecule has 2 unspecified atom stereocenters. The molecule has 0 spiro atoms. The third-order valence-electron chi connectivity index (χ3n) is 2.65. The zero-order chi connectivity index (χ0) is 13.5. The van der Waals surface area contributed by atoms with Crippen LogP contribution >= 0.6 is 0 Å². The minimum absolute atomic E-state index is 0.0981. The Balaban J connectivity index is 2.40. The van der Waals surface area contributed by atoms with E-state index in [0.717, 1.165) is 0 Å². The van der Waals surface area contributed by atoms with E-state index in [9.17, 15) is 9.90 Å². The van der Waals surface area contributed by atoms with Gasteiger partial charge in [-0.25, -0.2) is 4.79 Å². The van der Waals surface area contributed by atoms with Crippen molar-refractivity contribution in [2.45, 2.75) is 32.0 Å². The van der Waals surface area contributed by atoms with Crippen LogP contribution in [0.4, 0.5) is 0 Å². The Hall–Kier alpha value is -1.81. The van der Waals surface area contributed by atoms with E-state index in [0.29, 0.717) is 12.2 Å². The molecule has 0 heterocycles. The Kier molecular flexibility index (Phi) is 5.39. The summed E-state index contributed by atoms with van der Waals surface area (Å²) in [5.41, 5.74) is 0.0981. The summed E-state index contributed by atoms with van der Waals surface area (Å²) in [6.07, 6.45) is -0.548. The van der Waals surface area contributed by atoms with Crippen molar-refractivity contribution < 1.29 is 19.7 Å². The average molecular weight is 250 g/mol. The molecule has 18 heavy (non-hydrogen) atoms. The zero-order valence-corrected chi connectivity index (χ0v) is 10.4. The number of aliphatic hydroxyl groups excluding tert-OH is 1. The number of benzene rings is 1. The molecule has 1 rings (SSSR count). The van der Waals surface area contributed by atoms with Crippen LogP contribution in [0.2, 0.25) is 0 Å². The normalized spacial score (nSPS) is 13.7. The largest absolute Gasteiger partial charge is 0.488 e. The van der Waals surface area contributed by atoms with Crippen LogP contribution in [0.3, 0.4) is 0 Å². The van der Waals surface area contributed by atoms with Gasteiger partial charge in [0.1, 0.15) is 11.9 Å². The fourth-order valence-corrected chi connectivity index (χ4v) is 1.46. The van der Waals surface area contributed by atoms with Gasteiger partial charge in [-0.1, -0.05) is 24.8 Å². The first-order valence-corrected chi connectivity index (χ1v) is 5.81. The molecule has 1 aromatic rings. The van der Waals surface area contributed by atoms with E-state index in [1.807, 2.05) is 18.2 Å². The van der Waals surface area contributed by atoms with E-state index in [-0.39, 0.29) is 12.0 Å². The van der Waals surface area contributed by atoms with Gasteiger partial charge >= 0.3 is 5.97 Å². The minimum Gasteiger partial charge on any atom is -0.488 e. The summed E-state index contributed by atoms with van der Waals surface area (Å²) >= 11 is 0. The summed E-state index contributed by atoms with van der Waals surface area (Å²) in [5.74, 6) is -0.347. The maximum Gasteiger partial charge on any atom is 0.330 e. The van der Waals surface area contributed by atoms with E-state index in [1.165, 1.54) is 0 Å². The third kappa shape index (κ3) is 4.59. The predicted octanol–water partition coefficient (Wildman–Crippen LogP) is 2.24. The van der Waals surface area contributed by atoms with Crippen molar-refractivity contribution in [2.75, 3.05) is 0 Å². The Morgan fingerprint density at radius 2 is 2.00 bits per heavy atom. The van der Waals surface area contributed by atoms with Gasteiger partial charge in [-0.15, -0.1) is 0 Å². The lowest BCUT2D eigenvalue weighted by Gasteiger charge is -2.20. The molecule has 0 aromatic heterocycles. The van der Waals surface area contributed by atoms with E-state index in [2.05, 4.69) is 6.58 Å². The highest BCUT2D eigenvalue weighted by Gasteiger charge is 2.17. The Morgan fingerprint density at radius 1 is 1.39 bits per heavy atom. The fourth-order valence-electron chi connectivity index (χ4n) is 1.46. The molecule has 2 atom stereocenters. The quantitative estimate of drug-likeness (QED) is 0.728. The van der Waals surface area contributed by atoms with E-state index >= 15 is 0 Å². The Bertz CT molecular complexity index is 400. The molecule has 0 aliphatic rings. The van der Waals surface area contributed by atoms with Crippen molar-refractivity contribution >= 4 is 5.97 Å². The van der Waals surface area contributed by atoms with Crippen LogP contribution < -0.4 is 4.74 Å². The second-order valence-electron chi connectivity index (χ2n) is 4.15. The van der Waals surface area contributed by atoms with Gasteiger partial charge in [0.15, 0.2) is 0 Å². The molecule has 0 fully saturated rings. The standard InChI is InChI=1S/C14H18O4/c1-10(14(16)17)8-9-13(15)11(2)18-12-6-4-3-5-7-12/h3-7,11,13,15H,1,8-9H2,2H3,(H,16,17). The highest BCUT2D eigenvalue weighted by molar-refractivity contribution is 5.85. The average Bonchev–Trinajstić information content (AvgIpc) is 2.36. The van der Waals surface area contributed by atoms with E-state index in [1.54, 1.807) is 19.1 Å². The number of hydrogen-bond donors (Lipinski definition) is 2. The van der Waals surface area contributed by atoms with Crippen molar-refractivity contribution in [3.8, 4) is 5.75 Å². The highest BCUT2D eigenvalue weighted by atomic mass is 16.5. The molecule has 0 bridgehead atoms. The summed E-state index contributed by atoms with van der Waals surface area (Å²) in [7, 11) is 0. The third-order valence-corrected chi connectivity index (χ3v) is 2.65. The van der Waals surface area contributed by atoms with Gasteiger partial charge < -0.3 is 14.9 Å². The molecule has 0 saturated carbocycles. The van der Waals surface area contributed by atoms with Crippen molar-refractivity contribution in [1.82, 2.24) is 0 Å². The number of aliphatic carboxylic acids is 1. The first-order valence-electron chi connectivity index (χ1n) is 5.81. The number of carbonyl (C=O) groups is 1. The summed E-state index contributed by atoms with van der Waals surface area (Å²) < 4.78 is 5.54. The molecule has 0 radical (unpaired) electrons. The molecule has 0 saturated heterocycles. The SMILES string of the molecule is C=C(CCC(O)C(C)Oc1ccccc1)C(=O)O. The molecule has 0 aliphatic carbocycles. The van der Waals surface area contributed by atoms with Crippen LogP contribution in [0, 0.1) is 0 Å². The maximum absolute atomic E-state index is 10.6. The van der Waals surface area contributed by atoms with Crippen LogP contribution in [0.5, 0.6) is 5.75 Å². The maximum atomic E-state index is 10.6. The molecular weight excluding hydrogens is 232 g/mol. The highest BCUT2D eigenvalue weighted by Crippen LogP contribution is 2.15. The van der Waals surface area contributed by atoms with Gasteiger partial charge in [-0.2, -0.15) is 0 Å². The second kappa shape index (κ2) is 6.81. The van der Waals surface area contributed by atoms with Crippen LogP contribution in [0.1, 0.15) is 19.8 Å². The summed E-state index contributed by atoms with van der Waals surface area (Å²) in [5, 5.41) is 18.5.